The van der Waals surface area contributed by atoms with Gasteiger partial charge in [0.2, 0.25) is 5.75 Å². The molecule has 0 bridgehead atoms. The molecular formula is C7H3F3N4O3. The van der Waals surface area contributed by atoms with Gasteiger partial charge in [-0.15, -0.1) is 13.2 Å². The molecule has 0 aliphatic heterocycles. The first-order chi connectivity index (χ1) is 7.74. The lowest BCUT2D eigenvalue weighted by Gasteiger charge is -2.08. The molecule has 7 nitrogen and oxygen atoms in total. The molecule has 1 aromatic rings. The summed E-state index contributed by atoms with van der Waals surface area (Å²) in [4.78, 5) is 12.3. The summed E-state index contributed by atoms with van der Waals surface area (Å²) in [6.45, 7) is 0. The molecule has 0 unspecified atom stereocenters. The van der Waals surface area contributed by atoms with E-state index in [0.29, 0.717) is 6.07 Å². The molecule has 1 rings (SSSR count). The Hall–Kier alpha value is -2.57. The molecule has 0 radical (unpaired) electrons. The third-order valence-corrected chi connectivity index (χ3v) is 1.52. The van der Waals surface area contributed by atoms with Crippen LogP contribution in [0.5, 0.6) is 5.75 Å². The van der Waals surface area contributed by atoms with E-state index in [2.05, 4.69) is 9.72 Å². The summed E-state index contributed by atoms with van der Waals surface area (Å²) in [7, 11) is 0. The molecule has 0 spiro atoms. The second kappa shape index (κ2) is 4.12. The SMILES string of the molecule is N#Cc1cc(OC(F)(F)F)c([N+](=O)[O-])nc1N. The molecule has 0 aromatic carbocycles. The van der Waals surface area contributed by atoms with Crippen LogP contribution in [0, 0.1) is 21.4 Å². The highest BCUT2D eigenvalue weighted by atomic mass is 19.4. The largest absolute Gasteiger partial charge is 0.573 e. The number of ether oxygens (including phenoxy) is 1. The van der Waals surface area contributed by atoms with Crippen molar-refractivity contribution in [2.24, 2.45) is 0 Å². The summed E-state index contributed by atoms with van der Waals surface area (Å²) in [5.41, 5.74) is 4.68. The average molecular weight is 248 g/mol. The molecule has 0 atom stereocenters. The Kier molecular flexibility index (Phi) is 3.03. The van der Waals surface area contributed by atoms with Crippen LogP contribution < -0.4 is 10.5 Å². The predicted octanol–water partition coefficient (Wildman–Crippen LogP) is 1.34. The van der Waals surface area contributed by atoms with Crippen molar-refractivity contribution in [1.82, 2.24) is 4.98 Å². The van der Waals surface area contributed by atoms with Crippen molar-refractivity contribution in [3.63, 3.8) is 0 Å². The van der Waals surface area contributed by atoms with E-state index in [4.69, 9.17) is 11.0 Å². The number of nitro groups is 1. The highest BCUT2D eigenvalue weighted by molar-refractivity contribution is 5.57. The molecule has 0 aliphatic carbocycles. The number of nitriles is 1. The van der Waals surface area contributed by atoms with Gasteiger partial charge in [-0.05, 0) is 9.91 Å². The lowest BCUT2D eigenvalue weighted by Crippen LogP contribution is -2.18. The molecule has 0 amide bonds. The van der Waals surface area contributed by atoms with Gasteiger partial charge in [-0.3, -0.25) is 0 Å². The fraction of sp³-hybridized carbons (Fsp3) is 0.143. The Bertz CT molecular complexity index is 508. The maximum atomic E-state index is 11.9. The van der Waals surface area contributed by atoms with E-state index in [-0.39, 0.29) is 0 Å². The van der Waals surface area contributed by atoms with Crippen molar-refractivity contribution in [1.29, 1.82) is 5.26 Å². The topological polar surface area (TPSA) is 115 Å². The van der Waals surface area contributed by atoms with E-state index < -0.39 is 34.2 Å². The molecular weight excluding hydrogens is 245 g/mol. The molecule has 90 valence electrons. The standard InChI is InChI=1S/C7H3F3N4O3/c8-7(9,10)17-4-1-3(2-11)5(12)13-6(4)14(15)16/h1H,(H2,12,13). The number of nitrogens with zero attached hydrogens (tertiary/aromatic N) is 3. The van der Waals surface area contributed by atoms with E-state index in [1.807, 2.05) is 0 Å². The lowest BCUT2D eigenvalue weighted by molar-refractivity contribution is -0.393. The first kappa shape index (κ1) is 12.5. The second-order valence-corrected chi connectivity index (χ2v) is 2.66. The Labute approximate surface area is 91.4 Å². The van der Waals surface area contributed by atoms with Gasteiger partial charge in [-0.1, -0.05) is 0 Å². The van der Waals surface area contributed by atoms with Crippen molar-refractivity contribution in [2.75, 3.05) is 5.73 Å². The van der Waals surface area contributed by atoms with E-state index >= 15 is 0 Å². The number of rotatable bonds is 2. The van der Waals surface area contributed by atoms with Crippen molar-refractivity contribution in [2.45, 2.75) is 6.36 Å². The molecule has 10 heteroatoms. The lowest BCUT2D eigenvalue weighted by atomic mass is 10.2. The van der Waals surface area contributed by atoms with Crippen LogP contribution in [-0.2, 0) is 0 Å². The monoisotopic (exact) mass is 248 g/mol. The van der Waals surface area contributed by atoms with E-state index in [9.17, 15) is 23.3 Å². The Morgan fingerprint density at radius 2 is 2.18 bits per heavy atom. The first-order valence-electron chi connectivity index (χ1n) is 3.85. The van der Waals surface area contributed by atoms with Crippen LogP contribution in [0.1, 0.15) is 5.56 Å². The fourth-order valence-corrected chi connectivity index (χ4v) is 0.919. The Balaban J connectivity index is 3.35. The van der Waals surface area contributed by atoms with E-state index in [1.165, 1.54) is 6.07 Å². The van der Waals surface area contributed by atoms with Gasteiger partial charge in [0, 0.05) is 6.07 Å². The molecule has 1 heterocycles. The number of hydrogen-bond acceptors (Lipinski definition) is 6. The molecule has 1 aromatic heterocycles. The van der Waals surface area contributed by atoms with Gasteiger partial charge in [-0.2, -0.15) is 5.26 Å². The zero-order valence-corrected chi connectivity index (χ0v) is 7.85. The van der Waals surface area contributed by atoms with Crippen molar-refractivity contribution in [3.8, 4) is 11.8 Å². The smallest absolute Gasteiger partial charge is 0.397 e. The van der Waals surface area contributed by atoms with Crippen molar-refractivity contribution >= 4 is 11.6 Å². The van der Waals surface area contributed by atoms with Gasteiger partial charge >= 0.3 is 12.2 Å². The summed E-state index contributed by atoms with van der Waals surface area (Å²) < 4.78 is 39.2. The average Bonchev–Trinajstić information content (AvgIpc) is 2.17. The summed E-state index contributed by atoms with van der Waals surface area (Å²) in [5.74, 6) is -2.94. The Morgan fingerprint density at radius 3 is 2.59 bits per heavy atom. The summed E-state index contributed by atoms with van der Waals surface area (Å²) in [6, 6.07) is 1.94. The van der Waals surface area contributed by atoms with Crippen molar-refractivity contribution in [3.05, 3.63) is 21.7 Å². The number of pyridine rings is 1. The maximum Gasteiger partial charge on any atom is 0.573 e. The maximum absolute atomic E-state index is 11.9. The van der Waals surface area contributed by atoms with Crippen LogP contribution in [0.25, 0.3) is 0 Å². The van der Waals surface area contributed by atoms with Crippen LogP contribution in [0.4, 0.5) is 24.8 Å². The number of alkyl halides is 3. The molecule has 2 N–H and O–H groups in total. The van der Waals surface area contributed by atoms with Crippen LogP contribution in [0.3, 0.4) is 0 Å². The molecule has 0 saturated heterocycles. The van der Waals surface area contributed by atoms with Gasteiger partial charge in [0.05, 0.1) is 0 Å². The van der Waals surface area contributed by atoms with E-state index in [1.54, 1.807) is 0 Å². The molecule has 0 fully saturated rings. The third kappa shape index (κ3) is 2.94. The number of hydrogen-bond donors (Lipinski definition) is 1. The van der Waals surface area contributed by atoms with Crippen LogP contribution in [0.2, 0.25) is 0 Å². The number of aromatic nitrogens is 1. The third-order valence-electron chi connectivity index (χ3n) is 1.52. The van der Waals surface area contributed by atoms with Crippen LogP contribution >= 0.6 is 0 Å². The quantitative estimate of drug-likeness (QED) is 0.623. The Morgan fingerprint density at radius 1 is 1.59 bits per heavy atom. The van der Waals surface area contributed by atoms with Gasteiger partial charge in [0.25, 0.3) is 5.82 Å². The predicted molar refractivity (Wildman–Crippen MR) is 46.7 cm³/mol. The highest BCUT2D eigenvalue weighted by Gasteiger charge is 2.36. The summed E-state index contributed by atoms with van der Waals surface area (Å²) in [5, 5.41) is 18.9. The number of anilines is 1. The fourth-order valence-electron chi connectivity index (χ4n) is 0.919. The molecule has 17 heavy (non-hydrogen) atoms. The second-order valence-electron chi connectivity index (χ2n) is 2.66. The molecule has 0 aliphatic rings. The number of halogens is 3. The van der Waals surface area contributed by atoms with Crippen LogP contribution in [-0.4, -0.2) is 16.3 Å². The van der Waals surface area contributed by atoms with Crippen molar-refractivity contribution < 1.29 is 22.8 Å². The number of nitrogens with two attached hydrogens (primary N) is 1. The minimum Gasteiger partial charge on any atom is -0.397 e. The number of nitrogen functional groups attached to an aromatic ring is 1. The van der Waals surface area contributed by atoms with Crippen LogP contribution in [0.15, 0.2) is 6.07 Å². The molecule has 0 saturated carbocycles. The van der Waals surface area contributed by atoms with Gasteiger partial charge < -0.3 is 20.6 Å². The van der Waals surface area contributed by atoms with Gasteiger partial charge in [0.1, 0.15) is 11.6 Å². The summed E-state index contributed by atoms with van der Waals surface area (Å²) in [6.07, 6.45) is -5.13. The summed E-state index contributed by atoms with van der Waals surface area (Å²) >= 11 is 0. The zero-order valence-electron chi connectivity index (χ0n) is 7.85. The minimum atomic E-state index is -5.13. The zero-order chi connectivity index (χ0) is 13.2. The minimum absolute atomic E-state index is 0.449. The van der Waals surface area contributed by atoms with E-state index in [0.717, 1.165) is 0 Å². The normalized spacial score (nSPS) is 10.7. The highest BCUT2D eigenvalue weighted by Crippen LogP contribution is 2.32. The van der Waals surface area contributed by atoms with Gasteiger partial charge in [0.15, 0.2) is 0 Å². The first-order valence-corrected chi connectivity index (χ1v) is 3.85. The van der Waals surface area contributed by atoms with Gasteiger partial charge in [-0.25, -0.2) is 0 Å².